The molecule has 0 aliphatic rings. The fourth-order valence-corrected chi connectivity index (χ4v) is 4.77. The standard InChI is InChI=1S/C32H23F2N3O/c33-24-13-8-20(9-14-24)31-32(21-10-15-25(34)16-11-21)37-29-18-22(12-17-28(29)36-31)30(38)7-3-4-23-19-35-27-6-2-1-5-26(23)27/h1-2,5-6,8-19,35H,3-4,7H2. The number of aromatic amines is 1. The minimum atomic E-state index is -0.355. The van der Waals surface area contributed by atoms with Crippen molar-refractivity contribution in [3.63, 3.8) is 0 Å². The molecule has 6 aromatic rings. The normalized spacial score (nSPS) is 11.3. The van der Waals surface area contributed by atoms with E-state index in [2.05, 4.69) is 11.1 Å². The van der Waals surface area contributed by atoms with Gasteiger partial charge in [0.1, 0.15) is 11.6 Å². The van der Waals surface area contributed by atoms with Crippen molar-refractivity contribution in [2.45, 2.75) is 19.3 Å². The SMILES string of the molecule is O=C(CCCc1c[nH]c2ccccc12)c1ccc2nc(-c3ccc(F)cc3)c(-c3ccc(F)cc3)nc2c1. The van der Waals surface area contributed by atoms with Crippen molar-refractivity contribution in [1.29, 1.82) is 0 Å². The molecule has 0 bridgehead atoms. The molecule has 0 amide bonds. The fraction of sp³-hybridized carbons (Fsp3) is 0.0938. The van der Waals surface area contributed by atoms with Gasteiger partial charge in [0.15, 0.2) is 5.78 Å². The largest absolute Gasteiger partial charge is 0.361 e. The number of Topliss-reactive ketones (excluding diaryl/α,β-unsaturated/α-hetero) is 1. The third-order valence-corrected chi connectivity index (χ3v) is 6.75. The zero-order valence-electron chi connectivity index (χ0n) is 20.4. The van der Waals surface area contributed by atoms with Gasteiger partial charge in [-0.2, -0.15) is 0 Å². The van der Waals surface area contributed by atoms with Crippen molar-refractivity contribution in [3.8, 4) is 22.5 Å². The molecule has 0 saturated carbocycles. The summed E-state index contributed by atoms with van der Waals surface area (Å²) < 4.78 is 27.2. The second kappa shape index (κ2) is 9.98. The molecule has 0 aliphatic heterocycles. The minimum absolute atomic E-state index is 0.0412. The van der Waals surface area contributed by atoms with E-state index in [1.54, 1.807) is 42.5 Å². The second-order valence-corrected chi connectivity index (χ2v) is 9.27. The number of fused-ring (bicyclic) bond motifs is 2. The number of nitrogens with zero attached hydrogens (tertiary/aromatic N) is 2. The van der Waals surface area contributed by atoms with Gasteiger partial charge in [0.05, 0.1) is 22.4 Å². The quantitative estimate of drug-likeness (QED) is 0.225. The van der Waals surface area contributed by atoms with Crippen molar-refractivity contribution < 1.29 is 13.6 Å². The molecule has 6 rings (SSSR count). The van der Waals surface area contributed by atoms with Crippen molar-refractivity contribution in [1.82, 2.24) is 15.0 Å². The molecule has 4 aromatic carbocycles. The summed E-state index contributed by atoms with van der Waals surface area (Å²) in [7, 11) is 0. The summed E-state index contributed by atoms with van der Waals surface area (Å²) in [5.41, 5.74) is 6.52. The first-order chi connectivity index (χ1) is 18.5. The van der Waals surface area contributed by atoms with Crippen molar-refractivity contribution >= 4 is 27.7 Å². The third kappa shape index (κ3) is 4.68. The van der Waals surface area contributed by atoms with Crippen LogP contribution in [0.3, 0.4) is 0 Å². The van der Waals surface area contributed by atoms with Crippen LogP contribution >= 0.6 is 0 Å². The van der Waals surface area contributed by atoms with E-state index in [4.69, 9.17) is 9.97 Å². The summed E-state index contributed by atoms with van der Waals surface area (Å²) in [6, 6.07) is 25.5. The number of halogens is 2. The lowest BCUT2D eigenvalue weighted by Gasteiger charge is -2.11. The number of hydrogen-bond acceptors (Lipinski definition) is 3. The summed E-state index contributed by atoms with van der Waals surface area (Å²) in [6.45, 7) is 0. The molecule has 0 saturated heterocycles. The fourth-order valence-electron chi connectivity index (χ4n) is 4.77. The number of para-hydroxylation sites is 1. The summed E-state index contributed by atoms with van der Waals surface area (Å²) in [6.07, 6.45) is 3.96. The van der Waals surface area contributed by atoms with Gasteiger partial charge in [-0.1, -0.05) is 18.2 Å². The minimum Gasteiger partial charge on any atom is -0.361 e. The molecule has 0 atom stereocenters. The number of carbonyl (C=O) groups is 1. The van der Waals surface area contributed by atoms with Crippen LogP contribution in [-0.2, 0) is 6.42 Å². The van der Waals surface area contributed by atoms with Gasteiger partial charge in [0.25, 0.3) is 0 Å². The van der Waals surface area contributed by atoms with Crippen molar-refractivity contribution in [3.05, 3.63) is 120 Å². The number of ketones is 1. The Morgan fingerprint density at radius 1 is 0.737 bits per heavy atom. The molecule has 0 fully saturated rings. The molecule has 186 valence electrons. The molecular formula is C32H23F2N3O. The van der Waals surface area contributed by atoms with Crippen LogP contribution in [0, 0.1) is 11.6 Å². The number of rotatable bonds is 7. The highest BCUT2D eigenvalue weighted by molar-refractivity contribution is 5.99. The maximum absolute atomic E-state index is 13.6. The molecular weight excluding hydrogens is 480 g/mol. The predicted molar refractivity (Wildman–Crippen MR) is 146 cm³/mol. The lowest BCUT2D eigenvalue weighted by Crippen LogP contribution is -2.02. The van der Waals surface area contributed by atoms with E-state index in [0.717, 1.165) is 18.4 Å². The van der Waals surface area contributed by atoms with Crippen LogP contribution in [0.15, 0.2) is 97.2 Å². The van der Waals surface area contributed by atoms with Gasteiger partial charge in [0, 0.05) is 40.2 Å². The van der Waals surface area contributed by atoms with Gasteiger partial charge in [-0.3, -0.25) is 4.79 Å². The zero-order valence-corrected chi connectivity index (χ0v) is 20.4. The van der Waals surface area contributed by atoms with Gasteiger partial charge in [-0.25, -0.2) is 18.7 Å². The molecule has 6 heteroatoms. The predicted octanol–water partition coefficient (Wildman–Crippen LogP) is 7.93. The Hall–Kier alpha value is -4.71. The molecule has 0 radical (unpaired) electrons. The number of aryl methyl sites for hydroxylation is 1. The van der Waals surface area contributed by atoms with E-state index in [1.807, 2.05) is 24.4 Å². The number of aromatic nitrogens is 3. The number of nitrogens with one attached hydrogen (secondary N) is 1. The van der Waals surface area contributed by atoms with Crippen LogP contribution in [0.1, 0.15) is 28.8 Å². The van der Waals surface area contributed by atoms with Gasteiger partial charge in [-0.05, 0) is 91.2 Å². The van der Waals surface area contributed by atoms with Crippen LogP contribution < -0.4 is 0 Å². The number of benzene rings is 4. The molecule has 38 heavy (non-hydrogen) atoms. The summed E-state index contributed by atoms with van der Waals surface area (Å²) >= 11 is 0. The first kappa shape index (κ1) is 23.7. The highest BCUT2D eigenvalue weighted by atomic mass is 19.1. The monoisotopic (exact) mass is 503 g/mol. The van der Waals surface area contributed by atoms with E-state index in [9.17, 15) is 13.6 Å². The number of H-pyrrole nitrogens is 1. The van der Waals surface area contributed by atoms with E-state index in [-0.39, 0.29) is 17.4 Å². The number of hydrogen-bond donors (Lipinski definition) is 1. The van der Waals surface area contributed by atoms with Gasteiger partial charge in [0.2, 0.25) is 0 Å². The van der Waals surface area contributed by atoms with E-state index >= 15 is 0 Å². The Morgan fingerprint density at radius 3 is 2.05 bits per heavy atom. The van der Waals surface area contributed by atoms with E-state index in [0.29, 0.717) is 45.5 Å². The lowest BCUT2D eigenvalue weighted by molar-refractivity contribution is 0.0980. The summed E-state index contributed by atoms with van der Waals surface area (Å²) in [5.74, 6) is -0.662. The zero-order chi connectivity index (χ0) is 26.1. The van der Waals surface area contributed by atoms with Crippen LogP contribution in [-0.4, -0.2) is 20.7 Å². The summed E-state index contributed by atoms with van der Waals surface area (Å²) in [5, 5.41) is 1.19. The van der Waals surface area contributed by atoms with Crippen LogP contribution in [0.25, 0.3) is 44.5 Å². The van der Waals surface area contributed by atoms with Gasteiger partial charge in [-0.15, -0.1) is 0 Å². The van der Waals surface area contributed by atoms with E-state index in [1.165, 1.54) is 35.2 Å². The molecule has 0 aliphatic carbocycles. The molecule has 0 unspecified atom stereocenters. The highest BCUT2D eigenvalue weighted by Crippen LogP contribution is 2.32. The first-order valence-electron chi connectivity index (χ1n) is 12.5. The third-order valence-electron chi connectivity index (χ3n) is 6.75. The lowest BCUT2D eigenvalue weighted by atomic mass is 10.0. The second-order valence-electron chi connectivity index (χ2n) is 9.27. The smallest absolute Gasteiger partial charge is 0.162 e. The molecule has 4 nitrogen and oxygen atoms in total. The average Bonchev–Trinajstić information content (AvgIpc) is 3.36. The maximum atomic E-state index is 13.6. The maximum Gasteiger partial charge on any atom is 0.162 e. The molecule has 0 spiro atoms. The number of carbonyl (C=O) groups excluding carboxylic acids is 1. The van der Waals surface area contributed by atoms with E-state index < -0.39 is 0 Å². The van der Waals surface area contributed by atoms with Gasteiger partial charge >= 0.3 is 0 Å². The molecule has 2 aromatic heterocycles. The van der Waals surface area contributed by atoms with Crippen LogP contribution in [0.5, 0.6) is 0 Å². The summed E-state index contributed by atoms with van der Waals surface area (Å²) in [4.78, 5) is 26.0. The molecule has 2 heterocycles. The Kier molecular flexibility index (Phi) is 6.22. The van der Waals surface area contributed by atoms with Crippen LogP contribution in [0.2, 0.25) is 0 Å². The Bertz CT molecular complexity index is 1770. The van der Waals surface area contributed by atoms with Crippen LogP contribution in [0.4, 0.5) is 8.78 Å². The average molecular weight is 504 g/mol. The van der Waals surface area contributed by atoms with Crippen molar-refractivity contribution in [2.24, 2.45) is 0 Å². The Labute approximate surface area is 218 Å². The highest BCUT2D eigenvalue weighted by Gasteiger charge is 2.16. The Morgan fingerprint density at radius 2 is 1.37 bits per heavy atom. The molecule has 1 N–H and O–H groups in total. The Balaban J connectivity index is 1.30. The topological polar surface area (TPSA) is 58.6 Å². The first-order valence-corrected chi connectivity index (χ1v) is 12.5. The van der Waals surface area contributed by atoms with Gasteiger partial charge < -0.3 is 4.98 Å². The van der Waals surface area contributed by atoms with Crippen molar-refractivity contribution in [2.75, 3.05) is 0 Å².